The molecule has 0 aliphatic rings. The van der Waals surface area contributed by atoms with Gasteiger partial charge in [-0.3, -0.25) is 4.79 Å². The summed E-state index contributed by atoms with van der Waals surface area (Å²) in [7, 11) is -3.98. The van der Waals surface area contributed by atoms with Crippen LogP contribution in [0, 0.1) is 12.8 Å². The van der Waals surface area contributed by atoms with E-state index < -0.39 is 28.0 Å². The van der Waals surface area contributed by atoms with Gasteiger partial charge in [0.15, 0.2) is 0 Å². The standard InChI is InChI=1S/C20H22ClNO5S/c1-13-3-10-17(11-4-13)28(26,27)22-19(15-6-8-16(21)9-7-15)18(20(24)25)12-5-14(2)23/h3-4,6-11,18-19,22H,5,12H2,1-2H3,(H,24,25)/t18-,19-/m0/s1. The number of Topliss-reactive ketones (excluding diaryl/α,β-unsaturated/α-hetero) is 1. The fraction of sp³-hybridized carbons (Fsp3) is 0.300. The third-order valence-electron chi connectivity index (χ3n) is 4.37. The minimum absolute atomic E-state index is 0.00831. The van der Waals surface area contributed by atoms with E-state index in [0.29, 0.717) is 10.6 Å². The highest BCUT2D eigenvalue weighted by atomic mass is 35.5. The van der Waals surface area contributed by atoms with Crippen LogP contribution in [-0.4, -0.2) is 25.3 Å². The van der Waals surface area contributed by atoms with Crippen molar-refractivity contribution in [3.63, 3.8) is 0 Å². The van der Waals surface area contributed by atoms with Crippen LogP contribution in [0.25, 0.3) is 0 Å². The molecular formula is C20H22ClNO5S. The molecule has 2 atom stereocenters. The molecule has 2 N–H and O–H groups in total. The number of carboxylic acid groups (broad SMARTS) is 1. The molecule has 0 saturated heterocycles. The molecule has 150 valence electrons. The smallest absolute Gasteiger partial charge is 0.308 e. The average Bonchev–Trinajstić information content (AvgIpc) is 2.61. The maximum absolute atomic E-state index is 12.9. The minimum Gasteiger partial charge on any atom is -0.481 e. The van der Waals surface area contributed by atoms with Crippen LogP contribution in [0.3, 0.4) is 0 Å². The van der Waals surface area contributed by atoms with Crippen molar-refractivity contribution in [3.05, 3.63) is 64.7 Å². The van der Waals surface area contributed by atoms with Crippen LogP contribution in [0.1, 0.15) is 36.9 Å². The van der Waals surface area contributed by atoms with Crippen LogP contribution in [-0.2, 0) is 19.6 Å². The highest BCUT2D eigenvalue weighted by molar-refractivity contribution is 7.89. The Hall–Kier alpha value is -2.22. The summed E-state index contributed by atoms with van der Waals surface area (Å²) < 4.78 is 28.2. The second-order valence-electron chi connectivity index (χ2n) is 6.65. The minimum atomic E-state index is -3.98. The summed E-state index contributed by atoms with van der Waals surface area (Å²) in [5.41, 5.74) is 1.36. The predicted molar refractivity (Wildman–Crippen MR) is 107 cm³/mol. The van der Waals surface area contributed by atoms with Crippen molar-refractivity contribution in [1.82, 2.24) is 4.72 Å². The SMILES string of the molecule is CC(=O)CC[C@H](C(=O)O)[C@@H](NS(=O)(=O)c1ccc(C)cc1)c1ccc(Cl)cc1. The van der Waals surface area contributed by atoms with Gasteiger partial charge in [0.25, 0.3) is 0 Å². The summed E-state index contributed by atoms with van der Waals surface area (Å²) in [5.74, 6) is -2.47. The predicted octanol–water partition coefficient (Wildman–Crippen LogP) is 3.74. The van der Waals surface area contributed by atoms with E-state index in [1.54, 1.807) is 36.4 Å². The molecule has 0 aromatic heterocycles. The van der Waals surface area contributed by atoms with Gasteiger partial charge in [-0.2, -0.15) is 0 Å². The molecule has 8 heteroatoms. The molecule has 0 aliphatic heterocycles. The second-order valence-corrected chi connectivity index (χ2v) is 8.80. The lowest BCUT2D eigenvalue weighted by Crippen LogP contribution is -2.37. The van der Waals surface area contributed by atoms with Gasteiger partial charge in [-0.25, -0.2) is 13.1 Å². The summed E-state index contributed by atoms with van der Waals surface area (Å²) in [6.45, 7) is 3.20. The molecule has 0 aliphatic carbocycles. The third kappa shape index (κ3) is 5.89. The van der Waals surface area contributed by atoms with Gasteiger partial charge in [0.2, 0.25) is 10.0 Å². The molecule has 0 saturated carbocycles. The molecule has 2 aromatic carbocycles. The lowest BCUT2D eigenvalue weighted by molar-refractivity contribution is -0.143. The van der Waals surface area contributed by atoms with Gasteiger partial charge in [-0.05, 0) is 50.1 Å². The normalized spacial score (nSPS) is 13.7. The maximum atomic E-state index is 12.9. The molecule has 0 heterocycles. The molecule has 2 aromatic rings. The second kappa shape index (κ2) is 9.32. The zero-order valence-electron chi connectivity index (χ0n) is 15.6. The van der Waals surface area contributed by atoms with Gasteiger partial charge >= 0.3 is 5.97 Å². The summed E-state index contributed by atoms with van der Waals surface area (Å²) in [5, 5.41) is 10.1. The van der Waals surface area contributed by atoms with E-state index in [2.05, 4.69) is 4.72 Å². The monoisotopic (exact) mass is 423 g/mol. The quantitative estimate of drug-likeness (QED) is 0.639. The number of carboxylic acids is 1. The van der Waals surface area contributed by atoms with Crippen molar-refractivity contribution < 1.29 is 23.1 Å². The molecule has 0 spiro atoms. The Bertz CT molecular complexity index is 940. The molecule has 0 bridgehead atoms. The number of ketones is 1. The summed E-state index contributed by atoms with van der Waals surface area (Å²) >= 11 is 5.91. The van der Waals surface area contributed by atoms with E-state index in [-0.39, 0.29) is 23.5 Å². The number of hydrogen-bond donors (Lipinski definition) is 2. The highest BCUT2D eigenvalue weighted by Gasteiger charge is 2.33. The highest BCUT2D eigenvalue weighted by Crippen LogP contribution is 2.29. The third-order valence-corrected chi connectivity index (χ3v) is 6.08. The van der Waals surface area contributed by atoms with Crippen molar-refractivity contribution in [3.8, 4) is 0 Å². The lowest BCUT2D eigenvalue weighted by Gasteiger charge is -2.25. The zero-order chi connectivity index (χ0) is 20.9. The van der Waals surface area contributed by atoms with Crippen molar-refractivity contribution in [1.29, 1.82) is 0 Å². The number of rotatable bonds is 9. The Kier molecular flexibility index (Phi) is 7.35. The Balaban J connectivity index is 2.44. The molecule has 2 rings (SSSR count). The van der Waals surface area contributed by atoms with E-state index in [1.807, 2.05) is 6.92 Å². The summed E-state index contributed by atoms with van der Waals surface area (Å²) in [4.78, 5) is 23.3. The number of carbonyl (C=O) groups excluding carboxylic acids is 1. The first-order chi connectivity index (χ1) is 13.1. The fourth-order valence-corrected chi connectivity index (χ4v) is 4.19. The zero-order valence-corrected chi connectivity index (χ0v) is 17.1. The first-order valence-electron chi connectivity index (χ1n) is 8.67. The average molecular weight is 424 g/mol. The van der Waals surface area contributed by atoms with E-state index >= 15 is 0 Å². The number of hydrogen-bond acceptors (Lipinski definition) is 4. The topological polar surface area (TPSA) is 101 Å². The first-order valence-corrected chi connectivity index (χ1v) is 10.5. The van der Waals surface area contributed by atoms with Gasteiger partial charge in [0, 0.05) is 11.4 Å². The molecule has 0 amide bonds. The number of sulfonamides is 1. The van der Waals surface area contributed by atoms with E-state index in [9.17, 15) is 23.1 Å². The first kappa shape index (κ1) is 22.1. The van der Waals surface area contributed by atoms with Crippen LogP contribution >= 0.6 is 11.6 Å². The van der Waals surface area contributed by atoms with Crippen LogP contribution in [0.5, 0.6) is 0 Å². The van der Waals surface area contributed by atoms with Crippen LogP contribution in [0.15, 0.2) is 53.4 Å². The molecule has 6 nitrogen and oxygen atoms in total. The van der Waals surface area contributed by atoms with E-state index in [1.165, 1.54) is 19.1 Å². The van der Waals surface area contributed by atoms with Gasteiger partial charge < -0.3 is 9.90 Å². The van der Waals surface area contributed by atoms with Crippen LogP contribution in [0.2, 0.25) is 5.02 Å². The lowest BCUT2D eigenvalue weighted by atomic mass is 9.89. The summed E-state index contributed by atoms with van der Waals surface area (Å²) in [6.07, 6.45) is 0.0433. The molecule has 28 heavy (non-hydrogen) atoms. The van der Waals surface area contributed by atoms with Crippen molar-refractivity contribution in [2.75, 3.05) is 0 Å². The maximum Gasteiger partial charge on any atom is 0.308 e. The molecular weight excluding hydrogens is 402 g/mol. The summed E-state index contributed by atoms with van der Waals surface area (Å²) in [6, 6.07) is 11.5. The number of carbonyl (C=O) groups is 2. The van der Waals surface area contributed by atoms with Gasteiger partial charge in [-0.15, -0.1) is 0 Å². The van der Waals surface area contributed by atoms with Gasteiger partial charge in [0.1, 0.15) is 5.78 Å². The number of aliphatic carboxylic acids is 1. The largest absolute Gasteiger partial charge is 0.481 e. The van der Waals surface area contributed by atoms with Crippen molar-refractivity contribution in [2.45, 2.75) is 37.6 Å². The van der Waals surface area contributed by atoms with Crippen molar-refractivity contribution in [2.24, 2.45) is 5.92 Å². The van der Waals surface area contributed by atoms with Crippen LogP contribution in [0.4, 0.5) is 0 Å². The Labute approximate surface area is 169 Å². The number of benzene rings is 2. The van der Waals surface area contributed by atoms with Crippen molar-refractivity contribution >= 4 is 33.4 Å². The molecule has 0 unspecified atom stereocenters. The van der Waals surface area contributed by atoms with Crippen LogP contribution < -0.4 is 4.72 Å². The Morgan fingerprint density at radius 3 is 2.14 bits per heavy atom. The van der Waals surface area contributed by atoms with E-state index in [0.717, 1.165) is 5.56 Å². The van der Waals surface area contributed by atoms with E-state index in [4.69, 9.17) is 11.6 Å². The number of nitrogens with one attached hydrogen (secondary N) is 1. The van der Waals surface area contributed by atoms with Gasteiger partial charge in [0.05, 0.1) is 16.9 Å². The fourth-order valence-electron chi connectivity index (χ4n) is 2.80. The Morgan fingerprint density at radius 1 is 1.07 bits per heavy atom. The number of aryl methyl sites for hydroxylation is 1. The molecule has 0 fully saturated rings. The number of halogens is 1. The van der Waals surface area contributed by atoms with Gasteiger partial charge in [-0.1, -0.05) is 41.4 Å². The molecule has 0 radical (unpaired) electrons. The Morgan fingerprint density at radius 2 is 1.64 bits per heavy atom.